The first-order valence-corrected chi connectivity index (χ1v) is 12.2. The molecule has 13 heteroatoms. The zero-order chi connectivity index (χ0) is 23.3. The van der Waals surface area contributed by atoms with E-state index in [1.165, 1.54) is 12.7 Å². The van der Waals surface area contributed by atoms with E-state index in [2.05, 4.69) is 0 Å². The molecular formula is C18H30Cl2NO9P. The minimum Gasteiger partial charge on any atom is -0.462 e. The predicted octanol–water partition coefficient (Wildman–Crippen LogP) is 3.83. The summed E-state index contributed by atoms with van der Waals surface area (Å²) in [5.41, 5.74) is 0.216. The van der Waals surface area contributed by atoms with Crippen LogP contribution in [0.2, 0.25) is 10.0 Å². The Morgan fingerprint density at radius 1 is 1.00 bits per heavy atom. The molecule has 0 aliphatic carbocycles. The van der Waals surface area contributed by atoms with Crippen LogP contribution in [0.15, 0.2) is 6.07 Å². The van der Waals surface area contributed by atoms with Crippen molar-refractivity contribution in [3.8, 4) is 11.5 Å². The van der Waals surface area contributed by atoms with Crippen LogP contribution in [0.4, 0.5) is 0 Å². The molecule has 0 aromatic heterocycles. The SMILES string of the molecule is CCOP(C)(=O)C(ON)c1cc(Cl)c(OCOCCOC)c(OCOCCOC)c1Cl. The Morgan fingerprint density at radius 3 is 2.03 bits per heavy atom. The Kier molecular flexibility index (Phi) is 13.9. The Morgan fingerprint density at radius 2 is 1.55 bits per heavy atom. The number of ether oxygens (including phenoxy) is 6. The third kappa shape index (κ3) is 9.01. The molecule has 0 saturated carbocycles. The molecule has 1 aromatic carbocycles. The summed E-state index contributed by atoms with van der Waals surface area (Å²) in [5.74, 6) is 4.40. The summed E-state index contributed by atoms with van der Waals surface area (Å²) >= 11 is 13.0. The van der Waals surface area contributed by atoms with Gasteiger partial charge in [-0.3, -0.25) is 9.40 Å². The number of benzene rings is 1. The van der Waals surface area contributed by atoms with E-state index in [9.17, 15) is 4.57 Å². The van der Waals surface area contributed by atoms with Gasteiger partial charge in [-0.05, 0) is 13.0 Å². The van der Waals surface area contributed by atoms with Crippen LogP contribution in [0.3, 0.4) is 0 Å². The normalized spacial score (nSPS) is 14.3. The summed E-state index contributed by atoms with van der Waals surface area (Å²) in [4.78, 5) is 4.95. The van der Waals surface area contributed by atoms with Crippen molar-refractivity contribution in [2.45, 2.75) is 12.8 Å². The van der Waals surface area contributed by atoms with Crippen molar-refractivity contribution in [2.24, 2.45) is 5.90 Å². The number of methoxy groups -OCH3 is 2. The van der Waals surface area contributed by atoms with Gasteiger partial charge in [-0.2, -0.15) is 0 Å². The molecule has 1 aromatic rings. The van der Waals surface area contributed by atoms with Crippen LogP contribution in [0, 0.1) is 0 Å². The van der Waals surface area contributed by atoms with Gasteiger partial charge in [0, 0.05) is 26.4 Å². The Labute approximate surface area is 192 Å². The summed E-state index contributed by atoms with van der Waals surface area (Å²) in [5, 5.41) is 0.143. The van der Waals surface area contributed by atoms with Crippen molar-refractivity contribution in [3.63, 3.8) is 0 Å². The van der Waals surface area contributed by atoms with Gasteiger partial charge >= 0.3 is 0 Å². The smallest absolute Gasteiger partial charge is 0.234 e. The fourth-order valence-electron chi connectivity index (χ4n) is 2.41. The first-order valence-electron chi connectivity index (χ1n) is 9.32. The lowest BCUT2D eigenvalue weighted by molar-refractivity contribution is -0.0207. The van der Waals surface area contributed by atoms with Crippen molar-refractivity contribution < 1.29 is 42.3 Å². The largest absolute Gasteiger partial charge is 0.462 e. The van der Waals surface area contributed by atoms with E-state index in [0.717, 1.165) is 0 Å². The standard InChI is InChI=1S/C18H30Cl2NO9P/c1-5-29-31(4,22)18(30-21)13-10-14(19)16(27-11-25-8-6-23-2)17(15(13)20)28-12-26-9-7-24-3/h10,18H,5-9,11-12,21H2,1-4H3. The van der Waals surface area contributed by atoms with Crippen LogP contribution in [0.1, 0.15) is 18.3 Å². The van der Waals surface area contributed by atoms with Gasteiger partial charge in [-0.25, -0.2) is 5.90 Å². The van der Waals surface area contributed by atoms with Gasteiger partial charge in [0.05, 0.1) is 43.1 Å². The first-order chi connectivity index (χ1) is 14.8. The highest BCUT2D eigenvalue weighted by molar-refractivity contribution is 7.58. The maximum atomic E-state index is 12.9. The number of nitrogens with two attached hydrogens (primary N) is 1. The van der Waals surface area contributed by atoms with Crippen LogP contribution >= 0.6 is 30.6 Å². The Hall–Kier alpha value is -0.650. The highest BCUT2D eigenvalue weighted by Crippen LogP contribution is 2.60. The summed E-state index contributed by atoms with van der Waals surface area (Å²) in [6, 6.07) is 1.43. The van der Waals surface area contributed by atoms with E-state index in [1.54, 1.807) is 21.1 Å². The fraction of sp³-hybridized carbons (Fsp3) is 0.667. The van der Waals surface area contributed by atoms with Crippen LogP contribution in [0.25, 0.3) is 0 Å². The third-order valence-corrected chi connectivity index (χ3v) is 6.49. The average Bonchev–Trinajstić information content (AvgIpc) is 2.72. The summed E-state index contributed by atoms with van der Waals surface area (Å²) in [6.07, 6.45) is 0. The fourth-order valence-corrected chi connectivity index (χ4v) is 4.62. The quantitative estimate of drug-likeness (QED) is 0.145. The molecule has 180 valence electrons. The molecule has 0 aliphatic rings. The summed E-state index contributed by atoms with van der Waals surface area (Å²) < 4.78 is 50.0. The molecule has 2 atom stereocenters. The highest BCUT2D eigenvalue weighted by atomic mass is 35.5. The number of rotatable bonds is 17. The maximum absolute atomic E-state index is 12.9. The molecule has 0 bridgehead atoms. The first kappa shape index (κ1) is 28.4. The van der Waals surface area contributed by atoms with Crippen molar-refractivity contribution in [1.82, 2.24) is 0 Å². The van der Waals surface area contributed by atoms with Gasteiger partial charge < -0.3 is 32.9 Å². The van der Waals surface area contributed by atoms with Crippen LogP contribution in [-0.4, -0.2) is 67.5 Å². The minimum atomic E-state index is -3.35. The van der Waals surface area contributed by atoms with Gasteiger partial charge in [0.1, 0.15) is 0 Å². The second kappa shape index (κ2) is 15.2. The van der Waals surface area contributed by atoms with Crippen LogP contribution in [0.5, 0.6) is 11.5 Å². The minimum absolute atomic E-state index is 0.0314. The van der Waals surface area contributed by atoms with Crippen molar-refractivity contribution in [2.75, 3.05) is 67.5 Å². The third-order valence-electron chi connectivity index (χ3n) is 3.80. The van der Waals surface area contributed by atoms with Crippen molar-refractivity contribution in [3.05, 3.63) is 21.7 Å². The van der Waals surface area contributed by atoms with Crippen molar-refractivity contribution >= 4 is 30.6 Å². The second-order valence-electron chi connectivity index (χ2n) is 6.06. The number of hydrogen-bond acceptors (Lipinski definition) is 10. The van der Waals surface area contributed by atoms with Crippen LogP contribution < -0.4 is 15.4 Å². The molecule has 1 rings (SSSR count). The second-order valence-corrected chi connectivity index (χ2v) is 9.39. The Balaban J connectivity index is 3.21. The molecule has 0 amide bonds. The monoisotopic (exact) mass is 505 g/mol. The van der Waals surface area contributed by atoms with Gasteiger partial charge in [0.25, 0.3) is 0 Å². The molecule has 0 saturated heterocycles. The van der Waals surface area contributed by atoms with E-state index < -0.39 is 13.2 Å². The molecule has 31 heavy (non-hydrogen) atoms. The van der Waals surface area contributed by atoms with E-state index in [4.69, 9.17) is 66.9 Å². The molecule has 10 nitrogen and oxygen atoms in total. The topological polar surface area (TPSA) is 117 Å². The van der Waals surface area contributed by atoms with E-state index in [-0.39, 0.29) is 47.3 Å². The predicted molar refractivity (Wildman–Crippen MR) is 116 cm³/mol. The maximum Gasteiger partial charge on any atom is 0.234 e. The van der Waals surface area contributed by atoms with E-state index >= 15 is 0 Å². The average molecular weight is 506 g/mol. The van der Waals surface area contributed by atoms with Gasteiger partial charge in [0.15, 0.2) is 30.9 Å². The summed E-state index contributed by atoms with van der Waals surface area (Å²) in [7, 11) is -0.249. The lowest BCUT2D eigenvalue weighted by Crippen LogP contribution is -2.15. The molecule has 0 fully saturated rings. The lowest BCUT2D eigenvalue weighted by atomic mass is 10.2. The van der Waals surface area contributed by atoms with E-state index in [0.29, 0.717) is 26.4 Å². The highest BCUT2D eigenvalue weighted by Gasteiger charge is 2.35. The molecular weight excluding hydrogens is 476 g/mol. The summed E-state index contributed by atoms with van der Waals surface area (Å²) in [6.45, 7) is 4.35. The number of halogens is 2. The van der Waals surface area contributed by atoms with Gasteiger partial charge in [-0.15, -0.1) is 0 Å². The molecule has 0 heterocycles. The number of hydrogen-bond donors (Lipinski definition) is 1. The zero-order valence-electron chi connectivity index (χ0n) is 18.1. The zero-order valence-corrected chi connectivity index (χ0v) is 20.5. The molecule has 2 unspecified atom stereocenters. The van der Waals surface area contributed by atoms with Crippen molar-refractivity contribution in [1.29, 1.82) is 0 Å². The van der Waals surface area contributed by atoms with Crippen LogP contribution in [-0.2, 0) is 32.9 Å². The van der Waals surface area contributed by atoms with E-state index in [1.807, 2.05) is 0 Å². The van der Waals surface area contributed by atoms with Gasteiger partial charge in [0.2, 0.25) is 7.37 Å². The Bertz CT molecular complexity index is 711. The lowest BCUT2D eigenvalue weighted by Gasteiger charge is -2.25. The molecule has 2 N–H and O–H groups in total. The molecule has 0 spiro atoms. The van der Waals surface area contributed by atoms with Gasteiger partial charge in [-0.1, -0.05) is 23.2 Å². The molecule has 0 radical (unpaired) electrons. The molecule has 0 aliphatic heterocycles.